The average molecular weight is 184 g/mol. The van der Waals surface area contributed by atoms with Crippen LogP contribution < -0.4 is 0 Å². The van der Waals surface area contributed by atoms with Crippen LogP contribution in [0, 0.1) is 11.3 Å². The van der Waals surface area contributed by atoms with Gasteiger partial charge in [-0.2, -0.15) is 11.8 Å². The molecular formula is C11H20S. The monoisotopic (exact) mass is 184 g/mol. The van der Waals surface area contributed by atoms with Gasteiger partial charge in [-0.05, 0) is 30.4 Å². The van der Waals surface area contributed by atoms with Crippen LogP contribution >= 0.6 is 11.8 Å². The highest BCUT2D eigenvalue weighted by Gasteiger charge is 2.25. The van der Waals surface area contributed by atoms with Crippen LogP contribution in [0.2, 0.25) is 0 Å². The fraction of sp³-hybridized carbons (Fsp3) is 0.818. The summed E-state index contributed by atoms with van der Waals surface area (Å²) < 4.78 is 0. The molecule has 2 unspecified atom stereocenters. The van der Waals surface area contributed by atoms with Crippen molar-refractivity contribution in [3.05, 3.63) is 12.2 Å². The predicted molar refractivity (Wildman–Crippen MR) is 58.6 cm³/mol. The summed E-state index contributed by atoms with van der Waals surface area (Å²) in [5, 5.41) is 0.781. The Kier molecular flexibility index (Phi) is 3.28. The second kappa shape index (κ2) is 3.87. The molecule has 1 rings (SSSR count). The Morgan fingerprint density at radius 2 is 1.83 bits per heavy atom. The molecule has 1 aliphatic carbocycles. The van der Waals surface area contributed by atoms with E-state index < -0.39 is 0 Å². The smallest absolute Gasteiger partial charge is 0.0224 e. The summed E-state index contributed by atoms with van der Waals surface area (Å²) >= 11 is 1.97. The van der Waals surface area contributed by atoms with Crippen LogP contribution in [0.15, 0.2) is 12.2 Å². The van der Waals surface area contributed by atoms with Crippen molar-refractivity contribution >= 4 is 11.8 Å². The largest absolute Gasteiger partial charge is 0.158 e. The Morgan fingerprint density at radius 3 is 2.17 bits per heavy atom. The zero-order chi connectivity index (χ0) is 9.19. The first-order valence-corrected chi connectivity index (χ1v) is 6.04. The molecule has 0 fully saturated rings. The molecule has 0 amide bonds. The molecule has 0 aromatic carbocycles. The van der Waals surface area contributed by atoms with E-state index in [-0.39, 0.29) is 0 Å². The van der Waals surface area contributed by atoms with Crippen molar-refractivity contribution < 1.29 is 0 Å². The molecule has 0 aliphatic heterocycles. The Hall–Kier alpha value is 0.0900. The summed E-state index contributed by atoms with van der Waals surface area (Å²) in [7, 11) is 0. The zero-order valence-corrected chi connectivity index (χ0v) is 9.45. The van der Waals surface area contributed by atoms with Crippen LogP contribution in [-0.2, 0) is 0 Å². The van der Waals surface area contributed by atoms with Gasteiger partial charge in [-0.3, -0.25) is 0 Å². The van der Waals surface area contributed by atoms with Gasteiger partial charge in [-0.1, -0.05) is 32.9 Å². The van der Waals surface area contributed by atoms with Crippen molar-refractivity contribution in [2.75, 3.05) is 6.26 Å². The molecule has 0 heterocycles. The first-order chi connectivity index (χ1) is 5.54. The number of rotatable bonds is 1. The highest BCUT2D eigenvalue weighted by molar-refractivity contribution is 7.99. The van der Waals surface area contributed by atoms with E-state index in [0.717, 1.165) is 11.2 Å². The number of thioether (sulfide) groups is 1. The Balaban J connectivity index is 2.54. The van der Waals surface area contributed by atoms with Gasteiger partial charge in [0.1, 0.15) is 0 Å². The number of hydrogen-bond acceptors (Lipinski definition) is 1. The first kappa shape index (κ1) is 10.2. The SMILES string of the molecule is CSC1C=CC(C(C)(C)C)CC1. The van der Waals surface area contributed by atoms with Gasteiger partial charge < -0.3 is 0 Å². The summed E-state index contributed by atoms with van der Waals surface area (Å²) in [6, 6.07) is 0. The van der Waals surface area contributed by atoms with E-state index in [1.807, 2.05) is 11.8 Å². The Morgan fingerprint density at radius 1 is 1.17 bits per heavy atom. The molecule has 1 aliphatic rings. The summed E-state index contributed by atoms with van der Waals surface area (Å²) in [5.74, 6) is 0.792. The molecule has 0 aromatic heterocycles. The highest BCUT2D eigenvalue weighted by atomic mass is 32.2. The van der Waals surface area contributed by atoms with E-state index in [4.69, 9.17) is 0 Å². The van der Waals surface area contributed by atoms with Crippen molar-refractivity contribution in [1.29, 1.82) is 0 Å². The highest BCUT2D eigenvalue weighted by Crippen LogP contribution is 2.35. The van der Waals surface area contributed by atoms with E-state index in [1.165, 1.54) is 12.8 Å². The lowest BCUT2D eigenvalue weighted by Crippen LogP contribution is -2.22. The number of allylic oxidation sites excluding steroid dienone is 1. The molecule has 0 bridgehead atoms. The molecule has 0 saturated heterocycles. The molecule has 0 spiro atoms. The lowest BCUT2D eigenvalue weighted by molar-refractivity contribution is 0.268. The molecule has 1 heteroatoms. The van der Waals surface area contributed by atoms with Crippen molar-refractivity contribution in [3.8, 4) is 0 Å². The second-order valence-corrected chi connectivity index (χ2v) is 5.79. The fourth-order valence-electron chi connectivity index (χ4n) is 1.71. The third-order valence-electron chi connectivity index (χ3n) is 2.74. The molecule has 0 N–H and O–H groups in total. The molecule has 70 valence electrons. The minimum absolute atomic E-state index is 0.458. The van der Waals surface area contributed by atoms with Crippen molar-refractivity contribution in [3.63, 3.8) is 0 Å². The van der Waals surface area contributed by atoms with E-state index in [1.54, 1.807) is 0 Å². The summed E-state index contributed by atoms with van der Waals surface area (Å²) in [5.41, 5.74) is 0.458. The topological polar surface area (TPSA) is 0 Å². The molecule has 0 radical (unpaired) electrons. The quantitative estimate of drug-likeness (QED) is 0.560. The minimum atomic E-state index is 0.458. The molecule has 0 saturated carbocycles. The lowest BCUT2D eigenvalue weighted by Gasteiger charge is -2.32. The maximum absolute atomic E-state index is 2.42. The summed E-state index contributed by atoms with van der Waals surface area (Å²) in [4.78, 5) is 0. The van der Waals surface area contributed by atoms with E-state index in [9.17, 15) is 0 Å². The normalized spacial score (nSPS) is 30.7. The first-order valence-electron chi connectivity index (χ1n) is 4.75. The zero-order valence-electron chi connectivity index (χ0n) is 8.63. The average Bonchev–Trinajstić information content (AvgIpc) is 2.03. The van der Waals surface area contributed by atoms with Crippen LogP contribution in [-0.4, -0.2) is 11.5 Å². The predicted octanol–water partition coefficient (Wildman–Crippen LogP) is 3.73. The van der Waals surface area contributed by atoms with E-state index >= 15 is 0 Å². The van der Waals surface area contributed by atoms with Gasteiger partial charge >= 0.3 is 0 Å². The van der Waals surface area contributed by atoms with Gasteiger partial charge in [0.2, 0.25) is 0 Å². The van der Waals surface area contributed by atoms with Crippen molar-refractivity contribution in [2.45, 2.75) is 38.9 Å². The number of hydrogen-bond donors (Lipinski definition) is 0. The standard InChI is InChI=1S/C11H20S/c1-11(2,3)9-5-7-10(12-4)8-6-9/h5,7,9-10H,6,8H2,1-4H3. The third kappa shape index (κ3) is 2.55. The van der Waals surface area contributed by atoms with Gasteiger partial charge in [0.25, 0.3) is 0 Å². The van der Waals surface area contributed by atoms with Crippen LogP contribution in [0.3, 0.4) is 0 Å². The van der Waals surface area contributed by atoms with Gasteiger partial charge in [0, 0.05) is 5.25 Å². The maximum Gasteiger partial charge on any atom is 0.0224 e. The van der Waals surface area contributed by atoms with Gasteiger partial charge in [-0.25, -0.2) is 0 Å². The van der Waals surface area contributed by atoms with E-state index in [2.05, 4.69) is 39.2 Å². The van der Waals surface area contributed by atoms with Crippen LogP contribution in [0.1, 0.15) is 33.6 Å². The molecule has 0 nitrogen and oxygen atoms in total. The molecule has 12 heavy (non-hydrogen) atoms. The second-order valence-electron chi connectivity index (χ2n) is 4.71. The Bertz CT molecular complexity index is 164. The van der Waals surface area contributed by atoms with E-state index in [0.29, 0.717) is 5.41 Å². The summed E-state index contributed by atoms with van der Waals surface area (Å²) in [6.07, 6.45) is 9.74. The lowest BCUT2D eigenvalue weighted by atomic mass is 9.76. The molecule has 2 atom stereocenters. The Labute approximate surface area is 80.8 Å². The minimum Gasteiger partial charge on any atom is -0.158 e. The fourth-order valence-corrected chi connectivity index (χ4v) is 2.33. The molecular weight excluding hydrogens is 164 g/mol. The van der Waals surface area contributed by atoms with Gasteiger partial charge in [-0.15, -0.1) is 0 Å². The molecule has 0 aromatic rings. The summed E-state index contributed by atoms with van der Waals surface area (Å²) in [6.45, 7) is 7.00. The maximum atomic E-state index is 2.42. The van der Waals surface area contributed by atoms with Crippen LogP contribution in [0.5, 0.6) is 0 Å². The van der Waals surface area contributed by atoms with Crippen LogP contribution in [0.25, 0.3) is 0 Å². The third-order valence-corrected chi connectivity index (χ3v) is 3.73. The van der Waals surface area contributed by atoms with Gasteiger partial charge in [0.15, 0.2) is 0 Å². The van der Waals surface area contributed by atoms with Gasteiger partial charge in [0.05, 0.1) is 0 Å². The van der Waals surface area contributed by atoms with Crippen molar-refractivity contribution in [2.24, 2.45) is 11.3 Å². The van der Waals surface area contributed by atoms with Crippen LogP contribution in [0.4, 0.5) is 0 Å². The van der Waals surface area contributed by atoms with Crippen molar-refractivity contribution in [1.82, 2.24) is 0 Å².